The zero-order valence-electron chi connectivity index (χ0n) is 12.0. The lowest BCUT2D eigenvalue weighted by Gasteiger charge is -2.20. The first-order valence-electron chi connectivity index (χ1n) is 6.59. The monoisotopic (exact) mass is 275 g/mol. The van der Waals surface area contributed by atoms with Crippen molar-refractivity contribution in [3.63, 3.8) is 0 Å². The van der Waals surface area contributed by atoms with Crippen molar-refractivity contribution in [2.45, 2.75) is 26.8 Å². The molecular formula is C16H21NOS. The largest absolute Gasteiger partial charge is 0.496 e. The van der Waals surface area contributed by atoms with Crippen molar-refractivity contribution < 1.29 is 4.74 Å². The minimum atomic E-state index is 0.265. The molecule has 0 saturated carbocycles. The van der Waals surface area contributed by atoms with E-state index < -0.39 is 0 Å². The molecule has 1 unspecified atom stereocenters. The van der Waals surface area contributed by atoms with Crippen LogP contribution < -0.4 is 10.1 Å². The lowest BCUT2D eigenvalue weighted by molar-refractivity contribution is 0.411. The quantitative estimate of drug-likeness (QED) is 0.888. The summed E-state index contributed by atoms with van der Waals surface area (Å²) in [5, 5.41) is 5.73. The number of thiophene rings is 1. The number of methoxy groups -OCH3 is 1. The first kappa shape index (κ1) is 14.1. The number of ether oxygens (including phenoxy) is 1. The summed E-state index contributed by atoms with van der Waals surface area (Å²) >= 11 is 1.80. The van der Waals surface area contributed by atoms with Crippen LogP contribution in [-0.2, 0) is 0 Å². The van der Waals surface area contributed by atoms with Gasteiger partial charge in [-0.2, -0.15) is 0 Å². The molecule has 0 aliphatic heterocycles. The second-order valence-corrected chi connectivity index (χ2v) is 5.77. The first-order valence-corrected chi connectivity index (χ1v) is 7.47. The number of nitrogens with one attached hydrogen (secondary N) is 1. The van der Waals surface area contributed by atoms with Crippen molar-refractivity contribution in [3.8, 4) is 5.75 Å². The number of rotatable bonds is 5. The van der Waals surface area contributed by atoms with E-state index in [0.717, 1.165) is 12.3 Å². The van der Waals surface area contributed by atoms with Gasteiger partial charge in [-0.15, -0.1) is 11.3 Å². The zero-order valence-corrected chi connectivity index (χ0v) is 12.8. The average Bonchev–Trinajstić information content (AvgIpc) is 2.82. The summed E-state index contributed by atoms with van der Waals surface area (Å²) in [6, 6.07) is 8.89. The summed E-state index contributed by atoms with van der Waals surface area (Å²) in [7, 11) is 1.72. The number of aryl methyl sites for hydroxylation is 2. The van der Waals surface area contributed by atoms with E-state index in [1.165, 1.54) is 21.6 Å². The Hall–Kier alpha value is -1.32. The van der Waals surface area contributed by atoms with Crippen LogP contribution in [-0.4, -0.2) is 13.7 Å². The van der Waals surface area contributed by atoms with Crippen LogP contribution in [0.1, 0.15) is 34.5 Å². The van der Waals surface area contributed by atoms with Crippen molar-refractivity contribution in [1.82, 2.24) is 5.32 Å². The molecule has 0 aliphatic carbocycles. The van der Waals surface area contributed by atoms with E-state index in [1.54, 1.807) is 18.4 Å². The summed E-state index contributed by atoms with van der Waals surface area (Å²) in [6.07, 6.45) is 0. The highest BCUT2D eigenvalue weighted by atomic mass is 32.1. The molecule has 3 heteroatoms. The van der Waals surface area contributed by atoms with Crippen LogP contribution in [0.5, 0.6) is 5.75 Å². The summed E-state index contributed by atoms with van der Waals surface area (Å²) in [5.41, 5.74) is 3.84. The van der Waals surface area contributed by atoms with E-state index in [-0.39, 0.29) is 6.04 Å². The van der Waals surface area contributed by atoms with Crippen molar-refractivity contribution in [2.75, 3.05) is 13.7 Å². The lowest BCUT2D eigenvalue weighted by atomic mass is 9.97. The third kappa shape index (κ3) is 2.99. The topological polar surface area (TPSA) is 21.3 Å². The summed E-state index contributed by atoms with van der Waals surface area (Å²) in [6.45, 7) is 7.36. The maximum atomic E-state index is 5.34. The van der Waals surface area contributed by atoms with Crippen molar-refractivity contribution in [3.05, 3.63) is 51.2 Å². The minimum absolute atomic E-state index is 0.265. The molecule has 0 amide bonds. The molecule has 0 fully saturated rings. The highest BCUT2D eigenvalue weighted by Gasteiger charge is 2.16. The Kier molecular flexibility index (Phi) is 4.61. The Morgan fingerprint density at radius 2 is 2.05 bits per heavy atom. The first-order chi connectivity index (χ1) is 9.17. The van der Waals surface area contributed by atoms with E-state index >= 15 is 0 Å². The van der Waals surface area contributed by atoms with Crippen LogP contribution in [0.15, 0.2) is 29.6 Å². The van der Waals surface area contributed by atoms with Gasteiger partial charge in [-0.05, 0) is 54.6 Å². The summed E-state index contributed by atoms with van der Waals surface area (Å²) in [4.78, 5) is 1.37. The van der Waals surface area contributed by atoms with E-state index in [1.807, 2.05) is 0 Å². The fourth-order valence-corrected chi connectivity index (χ4v) is 3.13. The molecule has 1 atom stereocenters. The highest BCUT2D eigenvalue weighted by Crippen LogP contribution is 2.30. The number of hydrogen-bond donors (Lipinski definition) is 1. The summed E-state index contributed by atoms with van der Waals surface area (Å²) < 4.78 is 5.34. The van der Waals surface area contributed by atoms with Crippen LogP contribution in [0.3, 0.4) is 0 Å². The Balaban J connectivity index is 2.39. The maximum absolute atomic E-state index is 5.34. The van der Waals surface area contributed by atoms with Crippen molar-refractivity contribution in [1.29, 1.82) is 0 Å². The van der Waals surface area contributed by atoms with Gasteiger partial charge in [0.15, 0.2) is 0 Å². The van der Waals surface area contributed by atoms with Crippen molar-refractivity contribution in [2.24, 2.45) is 0 Å². The predicted molar refractivity (Wildman–Crippen MR) is 82.3 cm³/mol. The molecule has 1 heterocycles. The third-order valence-electron chi connectivity index (χ3n) is 3.37. The van der Waals surface area contributed by atoms with Gasteiger partial charge in [-0.3, -0.25) is 0 Å². The predicted octanol–water partition coefficient (Wildman–Crippen LogP) is 4.07. The van der Waals surface area contributed by atoms with Crippen LogP contribution in [0.2, 0.25) is 0 Å². The van der Waals surface area contributed by atoms with Gasteiger partial charge in [0.25, 0.3) is 0 Å². The van der Waals surface area contributed by atoms with Crippen LogP contribution in [0, 0.1) is 13.8 Å². The van der Waals surface area contributed by atoms with E-state index in [2.05, 4.69) is 55.7 Å². The molecule has 1 N–H and O–H groups in total. The fraction of sp³-hybridized carbons (Fsp3) is 0.375. The van der Waals surface area contributed by atoms with Crippen LogP contribution in [0.25, 0.3) is 0 Å². The van der Waals surface area contributed by atoms with Gasteiger partial charge >= 0.3 is 0 Å². The molecule has 2 rings (SSSR count). The normalized spacial score (nSPS) is 12.4. The van der Waals surface area contributed by atoms with Gasteiger partial charge in [0.2, 0.25) is 0 Å². The Labute approximate surface area is 119 Å². The molecule has 0 bridgehead atoms. The standard InChI is InChI=1S/C16H21NOS/c1-5-17-16(14-8-9-19-12(14)3)13-6-7-15(18-4)11(2)10-13/h6-10,16-17H,5H2,1-4H3. The van der Waals surface area contributed by atoms with Gasteiger partial charge in [0.1, 0.15) is 5.75 Å². The van der Waals surface area contributed by atoms with E-state index in [9.17, 15) is 0 Å². The van der Waals surface area contributed by atoms with Gasteiger partial charge in [0.05, 0.1) is 13.2 Å². The Morgan fingerprint density at radius 3 is 2.58 bits per heavy atom. The van der Waals surface area contributed by atoms with Crippen LogP contribution in [0.4, 0.5) is 0 Å². The molecule has 0 aliphatic rings. The van der Waals surface area contributed by atoms with Gasteiger partial charge in [-0.25, -0.2) is 0 Å². The van der Waals surface area contributed by atoms with Gasteiger partial charge in [0, 0.05) is 4.88 Å². The SMILES string of the molecule is CCNC(c1ccc(OC)c(C)c1)c1ccsc1C. The molecular weight excluding hydrogens is 254 g/mol. The average molecular weight is 275 g/mol. The molecule has 2 nitrogen and oxygen atoms in total. The van der Waals surface area contributed by atoms with E-state index in [0.29, 0.717) is 0 Å². The Morgan fingerprint density at radius 1 is 1.26 bits per heavy atom. The molecule has 1 aromatic carbocycles. The highest BCUT2D eigenvalue weighted by molar-refractivity contribution is 7.10. The van der Waals surface area contributed by atoms with Gasteiger partial charge in [-0.1, -0.05) is 19.1 Å². The smallest absolute Gasteiger partial charge is 0.121 e. The molecule has 0 radical (unpaired) electrons. The second kappa shape index (κ2) is 6.22. The number of benzene rings is 1. The fourth-order valence-electron chi connectivity index (χ4n) is 2.39. The molecule has 102 valence electrons. The minimum Gasteiger partial charge on any atom is -0.496 e. The zero-order chi connectivity index (χ0) is 13.8. The molecule has 0 saturated heterocycles. The Bertz CT molecular complexity index is 547. The maximum Gasteiger partial charge on any atom is 0.121 e. The molecule has 1 aromatic heterocycles. The second-order valence-electron chi connectivity index (χ2n) is 4.65. The van der Waals surface area contributed by atoms with Gasteiger partial charge < -0.3 is 10.1 Å². The molecule has 19 heavy (non-hydrogen) atoms. The van der Waals surface area contributed by atoms with Crippen LogP contribution >= 0.6 is 11.3 Å². The lowest BCUT2D eigenvalue weighted by Crippen LogP contribution is -2.22. The molecule has 0 spiro atoms. The van der Waals surface area contributed by atoms with E-state index in [4.69, 9.17) is 4.74 Å². The molecule has 2 aromatic rings. The third-order valence-corrected chi connectivity index (χ3v) is 4.23. The number of hydrogen-bond acceptors (Lipinski definition) is 3. The summed E-state index contributed by atoms with van der Waals surface area (Å²) in [5.74, 6) is 0.945. The van der Waals surface area contributed by atoms with Crippen molar-refractivity contribution >= 4 is 11.3 Å².